The van der Waals surface area contributed by atoms with Crippen molar-refractivity contribution in [2.45, 2.75) is 59.4 Å². The zero-order valence-electron chi connectivity index (χ0n) is 12.1. The molecule has 0 spiro atoms. The van der Waals surface area contributed by atoms with E-state index in [0.29, 0.717) is 12.0 Å². The number of nitrogens with one attached hydrogen (secondary N) is 1. The van der Waals surface area contributed by atoms with Crippen LogP contribution in [0, 0.1) is 16.7 Å². The van der Waals surface area contributed by atoms with E-state index < -0.39 is 5.54 Å². The van der Waals surface area contributed by atoms with Crippen LogP contribution >= 0.6 is 0 Å². The fourth-order valence-electron chi connectivity index (χ4n) is 1.34. The minimum Gasteiger partial charge on any atom is -0.381 e. The first kappa shape index (κ1) is 16.4. The van der Waals surface area contributed by atoms with E-state index >= 15 is 0 Å². The standard InChI is InChI=1S/C14H28N2O/c1-6-9-16-14(5,12-15)8-11-17-10-7-13(2,3)4/h16H,6-11H2,1-5H3. The molecule has 0 radical (unpaired) electrons. The SMILES string of the molecule is CCCNC(C)(C#N)CCOCCC(C)(C)C. The molecule has 1 unspecified atom stereocenters. The normalized spacial score (nSPS) is 15.3. The van der Waals surface area contributed by atoms with E-state index in [4.69, 9.17) is 10.00 Å². The summed E-state index contributed by atoms with van der Waals surface area (Å²) in [5, 5.41) is 12.4. The van der Waals surface area contributed by atoms with Crippen LogP contribution in [0.5, 0.6) is 0 Å². The Balaban J connectivity index is 3.74. The molecule has 0 aromatic heterocycles. The lowest BCUT2D eigenvalue weighted by molar-refractivity contribution is 0.0959. The Morgan fingerprint density at radius 2 is 1.71 bits per heavy atom. The smallest absolute Gasteiger partial charge is 0.106 e. The third-order valence-electron chi connectivity index (χ3n) is 2.75. The quantitative estimate of drug-likeness (QED) is 0.663. The lowest BCUT2D eigenvalue weighted by Crippen LogP contribution is -2.42. The summed E-state index contributed by atoms with van der Waals surface area (Å²) in [6, 6.07) is 2.33. The molecule has 0 amide bonds. The first-order valence-electron chi connectivity index (χ1n) is 6.57. The summed E-state index contributed by atoms with van der Waals surface area (Å²) in [5.74, 6) is 0. The summed E-state index contributed by atoms with van der Waals surface area (Å²) >= 11 is 0. The van der Waals surface area contributed by atoms with E-state index in [1.54, 1.807) is 0 Å². The fourth-order valence-corrected chi connectivity index (χ4v) is 1.34. The van der Waals surface area contributed by atoms with Crippen LogP contribution in [0.1, 0.15) is 53.9 Å². The van der Waals surface area contributed by atoms with Crippen molar-refractivity contribution in [2.75, 3.05) is 19.8 Å². The number of hydrogen-bond acceptors (Lipinski definition) is 3. The average Bonchev–Trinajstić information content (AvgIpc) is 2.24. The van der Waals surface area contributed by atoms with Crippen molar-refractivity contribution in [1.29, 1.82) is 5.26 Å². The maximum Gasteiger partial charge on any atom is 0.106 e. The van der Waals surface area contributed by atoms with Crippen LogP contribution in [0.25, 0.3) is 0 Å². The predicted octanol–water partition coefficient (Wildman–Crippen LogP) is 3.11. The van der Waals surface area contributed by atoms with E-state index in [-0.39, 0.29) is 0 Å². The van der Waals surface area contributed by atoms with E-state index in [2.05, 4.69) is 39.1 Å². The molecule has 1 N–H and O–H groups in total. The zero-order valence-corrected chi connectivity index (χ0v) is 12.1. The molecular weight excluding hydrogens is 212 g/mol. The van der Waals surface area contributed by atoms with Crippen molar-refractivity contribution in [3.8, 4) is 6.07 Å². The summed E-state index contributed by atoms with van der Waals surface area (Å²) in [6.07, 6.45) is 2.84. The molecule has 3 heteroatoms. The van der Waals surface area contributed by atoms with Gasteiger partial charge < -0.3 is 4.74 Å². The van der Waals surface area contributed by atoms with Gasteiger partial charge in [-0.3, -0.25) is 5.32 Å². The molecule has 17 heavy (non-hydrogen) atoms. The monoisotopic (exact) mass is 240 g/mol. The Morgan fingerprint density at radius 1 is 1.12 bits per heavy atom. The second-order valence-corrected chi connectivity index (χ2v) is 6.04. The van der Waals surface area contributed by atoms with Gasteiger partial charge in [-0.2, -0.15) is 5.26 Å². The molecule has 0 fully saturated rings. The molecule has 0 saturated heterocycles. The van der Waals surface area contributed by atoms with Gasteiger partial charge >= 0.3 is 0 Å². The van der Waals surface area contributed by atoms with Gasteiger partial charge in [0.05, 0.1) is 6.07 Å². The largest absolute Gasteiger partial charge is 0.381 e. The Labute approximate surface area is 107 Å². The average molecular weight is 240 g/mol. The lowest BCUT2D eigenvalue weighted by Gasteiger charge is -2.23. The first-order valence-corrected chi connectivity index (χ1v) is 6.57. The van der Waals surface area contributed by atoms with Gasteiger partial charge in [-0.15, -0.1) is 0 Å². The highest BCUT2D eigenvalue weighted by atomic mass is 16.5. The van der Waals surface area contributed by atoms with E-state index in [0.717, 1.165) is 32.4 Å². The molecule has 0 saturated carbocycles. The van der Waals surface area contributed by atoms with Gasteiger partial charge in [-0.1, -0.05) is 27.7 Å². The molecule has 0 aromatic carbocycles. The predicted molar refractivity (Wildman–Crippen MR) is 71.8 cm³/mol. The number of ether oxygens (including phenoxy) is 1. The summed E-state index contributed by atoms with van der Waals surface area (Å²) in [5.41, 5.74) is -0.128. The van der Waals surface area contributed by atoms with Crippen LogP contribution in [0.4, 0.5) is 0 Å². The van der Waals surface area contributed by atoms with Crippen molar-refractivity contribution in [1.82, 2.24) is 5.32 Å². The van der Waals surface area contributed by atoms with Gasteiger partial charge in [0.1, 0.15) is 5.54 Å². The molecule has 0 rings (SSSR count). The molecule has 3 nitrogen and oxygen atoms in total. The number of hydrogen-bond donors (Lipinski definition) is 1. The van der Waals surface area contributed by atoms with Gasteiger partial charge in [0.15, 0.2) is 0 Å². The first-order chi connectivity index (χ1) is 7.83. The second-order valence-electron chi connectivity index (χ2n) is 6.04. The molecule has 0 bridgehead atoms. The maximum absolute atomic E-state index is 9.13. The Hall–Kier alpha value is -0.590. The van der Waals surface area contributed by atoms with Crippen molar-refractivity contribution >= 4 is 0 Å². The Morgan fingerprint density at radius 3 is 2.18 bits per heavy atom. The van der Waals surface area contributed by atoms with Crippen molar-refractivity contribution in [2.24, 2.45) is 5.41 Å². The third-order valence-corrected chi connectivity index (χ3v) is 2.75. The highest BCUT2D eigenvalue weighted by Gasteiger charge is 2.22. The summed E-state index contributed by atoms with van der Waals surface area (Å²) in [7, 11) is 0. The second kappa shape index (κ2) is 7.68. The number of rotatable bonds is 8. The minimum absolute atomic E-state index is 0.318. The zero-order chi connectivity index (χ0) is 13.4. The molecule has 0 aromatic rings. The van der Waals surface area contributed by atoms with Crippen molar-refractivity contribution < 1.29 is 4.74 Å². The van der Waals surface area contributed by atoms with Crippen LogP contribution in [-0.2, 0) is 4.74 Å². The van der Waals surface area contributed by atoms with E-state index in [1.165, 1.54) is 0 Å². The summed E-state index contributed by atoms with van der Waals surface area (Å²) < 4.78 is 5.60. The molecule has 100 valence electrons. The van der Waals surface area contributed by atoms with Gasteiger partial charge in [-0.05, 0) is 31.7 Å². The van der Waals surface area contributed by atoms with Gasteiger partial charge in [0.25, 0.3) is 0 Å². The topological polar surface area (TPSA) is 45.0 Å². The number of nitrogens with zero attached hydrogens (tertiary/aromatic N) is 1. The molecule has 0 aliphatic rings. The highest BCUT2D eigenvalue weighted by Crippen LogP contribution is 2.18. The van der Waals surface area contributed by atoms with Crippen LogP contribution in [0.2, 0.25) is 0 Å². The Kier molecular flexibility index (Phi) is 7.41. The van der Waals surface area contributed by atoms with E-state index in [1.807, 2.05) is 6.92 Å². The van der Waals surface area contributed by atoms with Gasteiger partial charge in [0, 0.05) is 19.6 Å². The molecule has 0 aliphatic carbocycles. The highest BCUT2D eigenvalue weighted by molar-refractivity contribution is 5.03. The molecule has 1 atom stereocenters. The third kappa shape index (κ3) is 9.14. The van der Waals surface area contributed by atoms with Crippen molar-refractivity contribution in [3.63, 3.8) is 0 Å². The van der Waals surface area contributed by atoms with Crippen LogP contribution in [-0.4, -0.2) is 25.3 Å². The fraction of sp³-hybridized carbons (Fsp3) is 0.929. The molecule has 0 heterocycles. The number of nitriles is 1. The summed E-state index contributed by atoms with van der Waals surface area (Å²) in [6.45, 7) is 13.0. The molecular formula is C14H28N2O. The van der Waals surface area contributed by atoms with Crippen LogP contribution < -0.4 is 5.32 Å². The Bertz CT molecular complexity index is 240. The van der Waals surface area contributed by atoms with Crippen LogP contribution in [0.3, 0.4) is 0 Å². The maximum atomic E-state index is 9.13. The van der Waals surface area contributed by atoms with E-state index in [9.17, 15) is 0 Å². The van der Waals surface area contributed by atoms with Crippen molar-refractivity contribution in [3.05, 3.63) is 0 Å². The lowest BCUT2D eigenvalue weighted by atomic mass is 9.93. The molecule has 0 aliphatic heterocycles. The summed E-state index contributed by atoms with van der Waals surface area (Å²) in [4.78, 5) is 0. The van der Waals surface area contributed by atoms with Gasteiger partial charge in [0.2, 0.25) is 0 Å². The minimum atomic E-state index is -0.447. The van der Waals surface area contributed by atoms with Crippen LogP contribution in [0.15, 0.2) is 0 Å². The van der Waals surface area contributed by atoms with Gasteiger partial charge in [-0.25, -0.2) is 0 Å².